The molecule has 0 heterocycles. The first-order valence-electron chi connectivity index (χ1n) is 6.37. The average Bonchev–Trinajstić information content (AvgIpc) is 2.41. The molecule has 0 saturated carbocycles. The highest BCUT2D eigenvalue weighted by Gasteiger charge is 2.06. The maximum Gasteiger partial charge on any atom is 0.127 e. The molecule has 0 fully saturated rings. The zero-order valence-corrected chi connectivity index (χ0v) is 11.4. The monoisotopic (exact) mass is 258 g/mol. The Morgan fingerprint density at radius 2 is 1.84 bits per heavy atom. The van der Waals surface area contributed by atoms with E-state index in [1.165, 1.54) is 11.6 Å². The van der Waals surface area contributed by atoms with E-state index >= 15 is 0 Å². The predicted molar refractivity (Wildman–Crippen MR) is 77.6 cm³/mol. The number of halogens is 1. The molecular weight excluding hydrogens is 239 g/mol. The minimum Gasteiger partial charge on any atom is -0.388 e. The van der Waals surface area contributed by atoms with Gasteiger partial charge in [-0.25, -0.2) is 4.39 Å². The van der Waals surface area contributed by atoms with E-state index in [4.69, 9.17) is 0 Å². The fourth-order valence-electron chi connectivity index (χ4n) is 2.11. The molecule has 0 atom stereocenters. The lowest BCUT2D eigenvalue weighted by molar-refractivity contribution is 0.313. The van der Waals surface area contributed by atoms with Crippen molar-refractivity contribution in [1.82, 2.24) is 4.90 Å². The number of hydrogen-bond donors (Lipinski definition) is 1. The van der Waals surface area contributed by atoms with E-state index in [1.54, 1.807) is 6.07 Å². The molecule has 1 N–H and O–H groups in total. The Kier molecular flexibility index (Phi) is 4.53. The molecule has 2 aromatic rings. The fourth-order valence-corrected chi connectivity index (χ4v) is 2.11. The van der Waals surface area contributed by atoms with Crippen LogP contribution in [0, 0.1) is 5.82 Å². The molecule has 2 aromatic carbocycles. The molecule has 0 radical (unpaired) electrons. The largest absolute Gasteiger partial charge is 0.388 e. The summed E-state index contributed by atoms with van der Waals surface area (Å²) in [6.07, 6.45) is 0. The molecule has 0 saturated heterocycles. The number of benzene rings is 2. The van der Waals surface area contributed by atoms with Crippen molar-refractivity contribution in [1.29, 1.82) is 0 Å². The van der Waals surface area contributed by atoms with Gasteiger partial charge in [-0.1, -0.05) is 30.3 Å². The van der Waals surface area contributed by atoms with Crippen molar-refractivity contribution >= 4 is 5.69 Å². The summed E-state index contributed by atoms with van der Waals surface area (Å²) in [6, 6.07) is 15.2. The molecule has 19 heavy (non-hydrogen) atoms. The second-order valence-electron chi connectivity index (χ2n) is 4.71. The van der Waals surface area contributed by atoms with Gasteiger partial charge in [0.2, 0.25) is 0 Å². The number of hydrogen-bond acceptors (Lipinski definition) is 2. The molecule has 0 aromatic heterocycles. The molecule has 0 unspecified atom stereocenters. The molecule has 0 spiro atoms. The SMILES string of the molecule is CNc1cccc(CN(C)Cc2ccccc2F)c1. The summed E-state index contributed by atoms with van der Waals surface area (Å²) in [5, 5.41) is 3.12. The van der Waals surface area contributed by atoms with Crippen LogP contribution in [0.5, 0.6) is 0 Å². The van der Waals surface area contributed by atoms with Crippen molar-refractivity contribution in [3.05, 3.63) is 65.5 Å². The fraction of sp³-hybridized carbons (Fsp3) is 0.250. The van der Waals surface area contributed by atoms with Crippen LogP contribution in [0.1, 0.15) is 11.1 Å². The number of nitrogens with one attached hydrogen (secondary N) is 1. The van der Waals surface area contributed by atoms with Crippen molar-refractivity contribution < 1.29 is 4.39 Å². The average molecular weight is 258 g/mol. The van der Waals surface area contributed by atoms with Crippen molar-refractivity contribution in [2.24, 2.45) is 0 Å². The van der Waals surface area contributed by atoms with Gasteiger partial charge in [0.15, 0.2) is 0 Å². The third-order valence-corrected chi connectivity index (χ3v) is 3.07. The summed E-state index contributed by atoms with van der Waals surface area (Å²) in [6.45, 7) is 1.40. The first-order chi connectivity index (χ1) is 9.19. The maximum absolute atomic E-state index is 13.6. The lowest BCUT2D eigenvalue weighted by Gasteiger charge is -2.17. The summed E-state index contributed by atoms with van der Waals surface area (Å²) in [4.78, 5) is 2.10. The molecule has 3 heteroatoms. The second kappa shape index (κ2) is 6.34. The number of nitrogens with zero attached hydrogens (tertiary/aromatic N) is 1. The van der Waals surface area contributed by atoms with Gasteiger partial charge in [0.05, 0.1) is 0 Å². The Morgan fingerprint density at radius 1 is 1.05 bits per heavy atom. The van der Waals surface area contributed by atoms with E-state index in [0.29, 0.717) is 6.54 Å². The third kappa shape index (κ3) is 3.80. The summed E-state index contributed by atoms with van der Waals surface area (Å²) < 4.78 is 13.6. The highest BCUT2D eigenvalue weighted by atomic mass is 19.1. The van der Waals surface area contributed by atoms with Crippen LogP contribution in [-0.2, 0) is 13.1 Å². The molecule has 2 nitrogen and oxygen atoms in total. The Bertz CT molecular complexity index is 540. The minimum atomic E-state index is -0.140. The molecule has 0 aliphatic heterocycles. The van der Waals surface area contributed by atoms with Gasteiger partial charge >= 0.3 is 0 Å². The molecule has 0 aliphatic carbocycles. The zero-order valence-electron chi connectivity index (χ0n) is 11.4. The van der Waals surface area contributed by atoms with Gasteiger partial charge in [-0.3, -0.25) is 4.90 Å². The smallest absolute Gasteiger partial charge is 0.127 e. The van der Waals surface area contributed by atoms with Crippen molar-refractivity contribution in [3.63, 3.8) is 0 Å². The van der Waals surface area contributed by atoms with Gasteiger partial charge in [-0.2, -0.15) is 0 Å². The Morgan fingerprint density at radius 3 is 2.58 bits per heavy atom. The molecular formula is C16H19FN2. The second-order valence-corrected chi connectivity index (χ2v) is 4.71. The predicted octanol–water partition coefficient (Wildman–Crippen LogP) is 3.50. The molecule has 100 valence electrons. The summed E-state index contributed by atoms with van der Waals surface area (Å²) in [5.41, 5.74) is 3.04. The number of rotatable bonds is 5. The van der Waals surface area contributed by atoms with Crippen LogP contribution < -0.4 is 5.32 Å². The molecule has 0 amide bonds. The first-order valence-corrected chi connectivity index (χ1v) is 6.37. The lowest BCUT2D eigenvalue weighted by Crippen LogP contribution is -2.18. The molecule has 0 bridgehead atoms. The van der Waals surface area contributed by atoms with E-state index < -0.39 is 0 Å². The number of anilines is 1. The summed E-state index contributed by atoms with van der Waals surface area (Å²) in [7, 11) is 3.90. The van der Waals surface area contributed by atoms with E-state index in [2.05, 4.69) is 22.3 Å². The Balaban J connectivity index is 2.01. The summed E-state index contributed by atoms with van der Waals surface area (Å²) >= 11 is 0. The van der Waals surface area contributed by atoms with Gasteiger partial charge in [-0.05, 0) is 30.8 Å². The van der Waals surface area contributed by atoms with Gasteiger partial charge in [0.25, 0.3) is 0 Å². The first kappa shape index (κ1) is 13.6. The topological polar surface area (TPSA) is 15.3 Å². The normalized spacial score (nSPS) is 10.7. The molecule has 0 aliphatic rings. The Hall–Kier alpha value is -1.87. The van der Waals surface area contributed by atoms with Crippen LogP contribution >= 0.6 is 0 Å². The van der Waals surface area contributed by atoms with E-state index in [0.717, 1.165) is 17.8 Å². The van der Waals surface area contributed by atoms with Crippen LogP contribution in [0.15, 0.2) is 48.5 Å². The standard InChI is InChI=1S/C16H19FN2/c1-18-15-8-5-6-13(10-15)11-19(2)12-14-7-3-4-9-16(14)17/h3-10,18H,11-12H2,1-2H3. The van der Waals surface area contributed by atoms with Gasteiger partial charge in [0.1, 0.15) is 5.82 Å². The van der Waals surface area contributed by atoms with Crippen LogP contribution in [0.3, 0.4) is 0 Å². The minimum absolute atomic E-state index is 0.140. The quantitative estimate of drug-likeness (QED) is 0.883. The Labute approximate surface area is 113 Å². The van der Waals surface area contributed by atoms with Crippen LogP contribution in [-0.4, -0.2) is 19.0 Å². The maximum atomic E-state index is 13.6. The van der Waals surface area contributed by atoms with Crippen molar-refractivity contribution in [2.45, 2.75) is 13.1 Å². The van der Waals surface area contributed by atoms with E-state index in [9.17, 15) is 4.39 Å². The zero-order chi connectivity index (χ0) is 13.7. The van der Waals surface area contributed by atoms with E-state index in [1.807, 2.05) is 38.4 Å². The van der Waals surface area contributed by atoms with Gasteiger partial charge in [0, 0.05) is 31.4 Å². The third-order valence-electron chi connectivity index (χ3n) is 3.07. The summed E-state index contributed by atoms with van der Waals surface area (Å²) in [5.74, 6) is -0.140. The van der Waals surface area contributed by atoms with Crippen LogP contribution in [0.2, 0.25) is 0 Å². The van der Waals surface area contributed by atoms with Gasteiger partial charge in [-0.15, -0.1) is 0 Å². The van der Waals surface area contributed by atoms with Crippen molar-refractivity contribution in [3.8, 4) is 0 Å². The lowest BCUT2D eigenvalue weighted by atomic mass is 10.1. The van der Waals surface area contributed by atoms with Crippen LogP contribution in [0.25, 0.3) is 0 Å². The van der Waals surface area contributed by atoms with Gasteiger partial charge < -0.3 is 5.32 Å². The highest BCUT2D eigenvalue weighted by Crippen LogP contribution is 2.14. The van der Waals surface area contributed by atoms with Crippen LogP contribution in [0.4, 0.5) is 10.1 Å². The van der Waals surface area contributed by atoms with Crippen molar-refractivity contribution in [2.75, 3.05) is 19.4 Å². The molecule has 2 rings (SSSR count). The van der Waals surface area contributed by atoms with E-state index in [-0.39, 0.29) is 5.82 Å². The highest BCUT2D eigenvalue weighted by molar-refractivity contribution is 5.44.